The van der Waals surface area contributed by atoms with Crippen LogP contribution in [0.25, 0.3) is 0 Å². The van der Waals surface area contributed by atoms with Crippen molar-refractivity contribution in [3.8, 4) is 0 Å². The molecule has 2 heteroatoms. The molecule has 0 fully saturated rings. The van der Waals surface area contributed by atoms with Crippen LogP contribution in [0.2, 0.25) is 0 Å². The third-order valence-corrected chi connectivity index (χ3v) is 4.77. The molecule has 1 atom stereocenters. The zero-order chi connectivity index (χ0) is 14.5. The Hall–Kier alpha value is -1.42. The molecule has 0 aliphatic carbocycles. The maximum atomic E-state index is 3.09. The summed E-state index contributed by atoms with van der Waals surface area (Å²) >= 11 is 0. The summed E-state index contributed by atoms with van der Waals surface area (Å²) in [6.45, 7) is 0. The molecule has 22 heavy (non-hydrogen) atoms. The van der Waals surface area contributed by atoms with Crippen molar-refractivity contribution in [1.82, 2.24) is 0 Å². The molecule has 0 saturated heterocycles. The molecular weight excluding hydrogens is 330 g/mol. The minimum Gasteiger partial charge on any atom is -0.121 e. The summed E-state index contributed by atoms with van der Waals surface area (Å²) in [7, 11) is 3.09. The van der Waals surface area contributed by atoms with Crippen molar-refractivity contribution in [1.29, 1.82) is 0 Å². The van der Waals surface area contributed by atoms with Gasteiger partial charge in [0.2, 0.25) is 0 Å². The van der Waals surface area contributed by atoms with E-state index in [1.54, 1.807) is 0 Å². The van der Waals surface area contributed by atoms with Gasteiger partial charge in [0.1, 0.15) is 0 Å². The van der Waals surface area contributed by atoms with E-state index in [1.165, 1.54) is 16.7 Å². The maximum absolute atomic E-state index is 3.09. The second-order valence-electron chi connectivity index (χ2n) is 5.37. The van der Waals surface area contributed by atoms with E-state index >= 15 is 0 Å². The summed E-state index contributed by atoms with van der Waals surface area (Å²) < 4.78 is 0. The SMILES string of the molecule is PC(Cc1ccccc1)(c1ccccc1)c1ccccc1.[Ni]. The number of benzene rings is 3. The standard InChI is InChI=1S/C20H19P.Ni/c21-20(18-12-6-2-7-13-18,19-14-8-3-9-15-19)16-17-10-4-1-5-11-17;/h1-15H,16,21H2;. The molecule has 114 valence electrons. The smallest absolute Gasteiger partial charge is 0.0384 e. The van der Waals surface area contributed by atoms with Gasteiger partial charge < -0.3 is 0 Å². The summed E-state index contributed by atoms with van der Waals surface area (Å²) in [6.07, 6.45) is 0.965. The fraction of sp³-hybridized carbons (Fsp3) is 0.100. The molecule has 0 spiro atoms. The van der Waals surface area contributed by atoms with E-state index in [9.17, 15) is 0 Å². The van der Waals surface area contributed by atoms with E-state index in [1.807, 2.05) is 0 Å². The van der Waals surface area contributed by atoms with E-state index in [2.05, 4.69) is 100 Å². The predicted octanol–water partition coefficient (Wildman–Crippen LogP) is 5.05. The van der Waals surface area contributed by atoms with E-state index in [0.717, 1.165) is 6.42 Å². The maximum Gasteiger partial charge on any atom is 0.0384 e. The Bertz CT molecular complexity index is 641. The van der Waals surface area contributed by atoms with Crippen LogP contribution >= 0.6 is 9.24 Å². The van der Waals surface area contributed by atoms with Crippen LogP contribution in [-0.4, -0.2) is 0 Å². The summed E-state index contributed by atoms with van der Waals surface area (Å²) in [5, 5.41) is -0.0934. The first-order chi connectivity index (χ1) is 10.3. The molecule has 3 aromatic carbocycles. The van der Waals surface area contributed by atoms with Crippen LogP contribution in [0, 0.1) is 0 Å². The van der Waals surface area contributed by atoms with Crippen LogP contribution in [0.3, 0.4) is 0 Å². The number of rotatable bonds is 4. The van der Waals surface area contributed by atoms with Gasteiger partial charge in [-0.25, -0.2) is 0 Å². The Balaban J connectivity index is 0.00000176. The third kappa shape index (κ3) is 3.67. The van der Waals surface area contributed by atoms with Crippen molar-refractivity contribution in [2.24, 2.45) is 0 Å². The molecule has 3 rings (SSSR count). The molecule has 0 aliphatic rings. The fourth-order valence-electron chi connectivity index (χ4n) is 2.76. The molecular formula is C20H19NiP. The molecule has 0 aliphatic heterocycles. The van der Waals surface area contributed by atoms with Crippen LogP contribution < -0.4 is 0 Å². The Morgan fingerprint density at radius 3 is 1.36 bits per heavy atom. The molecule has 0 amide bonds. The zero-order valence-corrected chi connectivity index (χ0v) is 14.4. The first-order valence-corrected chi connectivity index (χ1v) is 7.81. The molecule has 0 heterocycles. The van der Waals surface area contributed by atoms with Gasteiger partial charge in [0.15, 0.2) is 0 Å². The van der Waals surface area contributed by atoms with Crippen LogP contribution in [0.4, 0.5) is 0 Å². The third-order valence-electron chi connectivity index (χ3n) is 3.90. The van der Waals surface area contributed by atoms with E-state index in [0.29, 0.717) is 0 Å². The first-order valence-electron chi connectivity index (χ1n) is 7.23. The Morgan fingerprint density at radius 2 is 0.955 bits per heavy atom. The molecule has 3 aromatic rings. The van der Waals surface area contributed by atoms with Crippen LogP contribution in [0.1, 0.15) is 16.7 Å². The van der Waals surface area contributed by atoms with Crippen molar-refractivity contribution in [2.75, 3.05) is 0 Å². The monoisotopic (exact) mass is 348 g/mol. The molecule has 0 aromatic heterocycles. The van der Waals surface area contributed by atoms with Crippen molar-refractivity contribution in [3.05, 3.63) is 108 Å². The molecule has 0 bridgehead atoms. The fourth-order valence-corrected chi connectivity index (χ4v) is 3.38. The Labute approximate surface area is 145 Å². The average Bonchev–Trinajstić information content (AvgIpc) is 2.57. The van der Waals surface area contributed by atoms with Gasteiger partial charge in [0, 0.05) is 21.6 Å². The molecule has 0 saturated carbocycles. The van der Waals surface area contributed by atoms with Crippen LogP contribution in [0.5, 0.6) is 0 Å². The molecule has 1 unspecified atom stereocenters. The van der Waals surface area contributed by atoms with Gasteiger partial charge in [-0.2, -0.15) is 0 Å². The van der Waals surface area contributed by atoms with Gasteiger partial charge in [-0.05, 0) is 23.1 Å². The number of hydrogen-bond donors (Lipinski definition) is 0. The van der Waals surface area contributed by atoms with E-state index in [-0.39, 0.29) is 21.6 Å². The van der Waals surface area contributed by atoms with Crippen molar-refractivity contribution < 1.29 is 16.5 Å². The Morgan fingerprint density at radius 1 is 0.591 bits per heavy atom. The van der Waals surface area contributed by atoms with Gasteiger partial charge in [0.05, 0.1) is 0 Å². The first kappa shape index (κ1) is 16.9. The quantitative estimate of drug-likeness (QED) is 0.457. The Kier molecular flexibility index (Phi) is 5.95. The van der Waals surface area contributed by atoms with Gasteiger partial charge in [-0.1, -0.05) is 91.0 Å². The molecule has 0 N–H and O–H groups in total. The van der Waals surface area contributed by atoms with Gasteiger partial charge >= 0.3 is 0 Å². The zero-order valence-electron chi connectivity index (χ0n) is 12.3. The molecule has 0 nitrogen and oxygen atoms in total. The summed E-state index contributed by atoms with van der Waals surface area (Å²) in [6, 6.07) is 32.1. The van der Waals surface area contributed by atoms with Gasteiger partial charge in [-0.3, -0.25) is 0 Å². The summed E-state index contributed by atoms with van der Waals surface area (Å²) in [4.78, 5) is 0. The second kappa shape index (κ2) is 7.73. The van der Waals surface area contributed by atoms with Gasteiger partial charge in [0.25, 0.3) is 0 Å². The predicted molar refractivity (Wildman–Crippen MR) is 93.5 cm³/mol. The minimum atomic E-state index is -0.0934. The average molecular weight is 349 g/mol. The van der Waals surface area contributed by atoms with E-state index in [4.69, 9.17) is 0 Å². The van der Waals surface area contributed by atoms with Crippen molar-refractivity contribution >= 4 is 9.24 Å². The molecule has 0 radical (unpaired) electrons. The van der Waals surface area contributed by atoms with Crippen molar-refractivity contribution in [2.45, 2.75) is 11.6 Å². The van der Waals surface area contributed by atoms with E-state index < -0.39 is 0 Å². The second-order valence-corrected chi connectivity index (χ2v) is 6.35. The summed E-state index contributed by atoms with van der Waals surface area (Å²) in [5.41, 5.74) is 4.00. The summed E-state index contributed by atoms with van der Waals surface area (Å²) in [5.74, 6) is 0. The topological polar surface area (TPSA) is 0 Å². The minimum absolute atomic E-state index is 0. The largest absolute Gasteiger partial charge is 0.121 e. The number of hydrogen-bond acceptors (Lipinski definition) is 0. The van der Waals surface area contributed by atoms with Gasteiger partial charge in [-0.15, -0.1) is 9.24 Å². The van der Waals surface area contributed by atoms with Crippen molar-refractivity contribution in [3.63, 3.8) is 0 Å². The van der Waals surface area contributed by atoms with Crippen LogP contribution in [0.15, 0.2) is 91.0 Å². The van der Waals surface area contributed by atoms with Crippen LogP contribution in [-0.2, 0) is 28.1 Å². The normalized spacial score (nSPS) is 10.8.